The maximum Gasteiger partial charge on any atom is 0.221 e. The number of amides is 1. The van der Waals surface area contributed by atoms with Gasteiger partial charge in [-0.1, -0.05) is 32.9 Å². The standard InChI is InChI=1S/C13H17NO2/c1-9(15)14-11-8-6-5-7-10(11)12(16)13(2,3)4/h5-8H,1-4H3,(H,14,15). The fourth-order valence-electron chi connectivity index (χ4n) is 1.38. The van der Waals surface area contributed by atoms with E-state index < -0.39 is 5.41 Å². The summed E-state index contributed by atoms with van der Waals surface area (Å²) in [7, 11) is 0. The molecule has 0 unspecified atom stereocenters. The summed E-state index contributed by atoms with van der Waals surface area (Å²) < 4.78 is 0. The molecule has 0 fully saturated rings. The zero-order chi connectivity index (χ0) is 12.3. The van der Waals surface area contributed by atoms with Crippen LogP contribution in [0.1, 0.15) is 38.1 Å². The Morgan fingerprint density at radius 1 is 1.12 bits per heavy atom. The maximum atomic E-state index is 12.1. The molecule has 0 saturated carbocycles. The van der Waals surface area contributed by atoms with Gasteiger partial charge in [-0.25, -0.2) is 0 Å². The Balaban J connectivity index is 3.13. The molecule has 1 N–H and O–H groups in total. The molecule has 1 amide bonds. The zero-order valence-corrected chi connectivity index (χ0v) is 10.1. The first-order chi connectivity index (χ1) is 7.32. The van der Waals surface area contributed by atoms with Crippen LogP contribution >= 0.6 is 0 Å². The van der Waals surface area contributed by atoms with E-state index in [1.165, 1.54) is 6.92 Å². The van der Waals surface area contributed by atoms with Crippen molar-refractivity contribution in [1.82, 2.24) is 0 Å². The lowest BCUT2D eigenvalue weighted by Gasteiger charge is -2.18. The Kier molecular flexibility index (Phi) is 3.48. The summed E-state index contributed by atoms with van der Waals surface area (Å²) >= 11 is 0. The smallest absolute Gasteiger partial charge is 0.221 e. The van der Waals surface area contributed by atoms with Crippen LogP contribution in [0.4, 0.5) is 5.69 Å². The quantitative estimate of drug-likeness (QED) is 0.777. The monoisotopic (exact) mass is 219 g/mol. The summed E-state index contributed by atoms with van der Waals surface area (Å²) in [5, 5.41) is 2.67. The number of carbonyl (C=O) groups is 2. The number of hydrogen-bond acceptors (Lipinski definition) is 2. The van der Waals surface area contributed by atoms with Gasteiger partial charge in [0.25, 0.3) is 0 Å². The molecule has 0 aliphatic rings. The Morgan fingerprint density at radius 2 is 1.69 bits per heavy atom. The third kappa shape index (κ3) is 2.92. The summed E-state index contributed by atoms with van der Waals surface area (Å²) in [5.74, 6) is -0.147. The molecule has 1 aromatic carbocycles. The Labute approximate surface area is 95.9 Å². The Morgan fingerprint density at radius 3 is 2.19 bits per heavy atom. The molecule has 0 aliphatic carbocycles. The van der Waals surface area contributed by atoms with Crippen LogP contribution in [0.3, 0.4) is 0 Å². The first-order valence-electron chi connectivity index (χ1n) is 5.24. The largest absolute Gasteiger partial charge is 0.326 e. The molecule has 0 heterocycles. The van der Waals surface area contributed by atoms with E-state index in [9.17, 15) is 9.59 Å². The van der Waals surface area contributed by atoms with Crippen LogP contribution in [0.2, 0.25) is 0 Å². The van der Waals surface area contributed by atoms with E-state index in [1.54, 1.807) is 24.3 Å². The molecule has 0 atom stereocenters. The van der Waals surface area contributed by atoms with Crippen molar-refractivity contribution in [3.8, 4) is 0 Å². The third-order valence-electron chi connectivity index (χ3n) is 2.16. The van der Waals surface area contributed by atoms with Gasteiger partial charge in [-0.15, -0.1) is 0 Å². The van der Waals surface area contributed by atoms with Gasteiger partial charge >= 0.3 is 0 Å². The van der Waals surface area contributed by atoms with E-state index in [4.69, 9.17) is 0 Å². The average molecular weight is 219 g/mol. The summed E-state index contributed by atoms with van der Waals surface area (Å²) in [6, 6.07) is 7.06. The predicted octanol–water partition coefficient (Wildman–Crippen LogP) is 2.87. The second-order valence-corrected chi connectivity index (χ2v) is 4.81. The van der Waals surface area contributed by atoms with Gasteiger partial charge in [0.15, 0.2) is 5.78 Å². The van der Waals surface area contributed by atoms with E-state index in [1.807, 2.05) is 20.8 Å². The molecule has 1 rings (SSSR count). The van der Waals surface area contributed by atoms with Crippen LogP contribution in [-0.2, 0) is 4.79 Å². The minimum absolute atomic E-state index is 0.0249. The Bertz CT molecular complexity index is 416. The van der Waals surface area contributed by atoms with E-state index >= 15 is 0 Å². The van der Waals surface area contributed by atoms with Crippen molar-refractivity contribution >= 4 is 17.4 Å². The van der Waals surface area contributed by atoms with Gasteiger partial charge in [-0.05, 0) is 12.1 Å². The highest BCUT2D eigenvalue weighted by molar-refractivity contribution is 6.06. The molecule has 0 aromatic heterocycles. The molecular formula is C13H17NO2. The summed E-state index contributed by atoms with van der Waals surface area (Å²) in [5.41, 5.74) is 0.689. The highest BCUT2D eigenvalue weighted by atomic mass is 16.1. The first kappa shape index (κ1) is 12.4. The van der Waals surface area contributed by atoms with Crippen LogP contribution in [0, 0.1) is 5.41 Å². The van der Waals surface area contributed by atoms with Crippen molar-refractivity contribution in [3.05, 3.63) is 29.8 Å². The molecule has 0 bridgehead atoms. The van der Waals surface area contributed by atoms with Gasteiger partial charge in [0.1, 0.15) is 0 Å². The predicted molar refractivity (Wildman–Crippen MR) is 64.5 cm³/mol. The fourth-order valence-corrected chi connectivity index (χ4v) is 1.38. The van der Waals surface area contributed by atoms with Crippen LogP contribution < -0.4 is 5.32 Å². The molecule has 0 spiro atoms. The highest BCUT2D eigenvalue weighted by Gasteiger charge is 2.24. The number of para-hydroxylation sites is 1. The molecule has 86 valence electrons. The summed E-state index contributed by atoms with van der Waals surface area (Å²) in [6.45, 7) is 7.01. The SMILES string of the molecule is CC(=O)Nc1ccccc1C(=O)C(C)(C)C. The topological polar surface area (TPSA) is 46.2 Å². The van der Waals surface area contributed by atoms with Gasteiger partial charge in [-0.3, -0.25) is 9.59 Å². The lowest BCUT2D eigenvalue weighted by molar-refractivity contribution is -0.114. The molecule has 3 heteroatoms. The number of benzene rings is 1. The molecule has 16 heavy (non-hydrogen) atoms. The molecule has 0 radical (unpaired) electrons. The summed E-state index contributed by atoms with van der Waals surface area (Å²) in [4.78, 5) is 23.1. The van der Waals surface area contributed by atoms with Crippen molar-refractivity contribution in [1.29, 1.82) is 0 Å². The van der Waals surface area contributed by atoms with E-state index in [-0.39, 0.29) is 11.7 Å². The number of Topliss-reactive ketones (excluding diaryl/α,β-unsaturated/α-hetero) is 1. The molecule has 1 aromatic rings. The van der Waals surface area contributed by atoms with Crippen LogP contribution in [0.5, 0.6) is 0 Å². The fraction of sp³-hybridized carbons (Fsp3) is 0.385. The van der Waals surface area contributed by atoms with E-state index in [2.05, 4.69) is 5.32 Å². The minimum Gasteiger partial charge on any atom is -0.326 e. The van der Waals surface area contributed by atoms with Crippen LogP contribution in [0.15, 0.2) is 24.3 Å². The normalized spacial score (nSPS) is 11.0. The van der Waals surface area contributed by atoms with Crippen molar-refractivity contribution in [2.24, 2.45) is 5.41 Å². The van der Waals surface area contributed by atoms with Crippen molar-refractivity contribution < 1.29 is 9.59 Å². The number of carbonyl (C=O) groups excluding carboxylic acids is 2. The van der Waals surface area contributed by atoms with Gasteiger partial charge in [0.05, 0.1) is 5.69 Å². The lowest BCUT2D eigenvalue weighted by Crippen LogP contribution is -2.22. The molecule has 3 nitrogen and oxygen atoms in total. The van der Waals surface area contributed by atoms with Crippen molar-refractivity contribution in [2.75, 3.05) is 5.32 Å². The number of hydrogen-bond donors (Lipinski definition) is 1. The van der Waals surface area contributed by atoms with Crippen molar-refractivity contribution in [2.45, 2.75) is 27.7 Å². The number of nitrogens with one attached hydrogen (secondary N) is 1. The van der Waals surface area contributed by atoms with E-state index in [0.717, 1.165) is 0 Å². The van der Waals surface area contributed by atoms with Gasteiger partial charge in [0, 0.05) is 17.9 Å². The number of anilines is 1. The van der Waals surface area contributed by atoms with Gasteiger partial charge in [-0.2, -0.15) is 0 Å². The minimum atomic E-state index is -0.450. The highest BCUT2D eigenvalue weighted by Crippen LogP contribution is 2.25. The van der Waals surface area contributed by atoms with Crippen molar-refractivity contribution in [3.63, 3.8) is 0 Å². The molecular weight excluding hydrogens is 202 g/mol. The third-order valence-corrected chi connectivity index (χ3v) is 2.16. The van der Waals surface area contributed by atoms with Gasteiger partial charge in [0.2, 0.25) is 5.91 Å². The second kappa shape index (κ2) is 4.47. The second-order valence-electron chi connectivity index (χ2n) is 4.81. The van der Waals surface area contributed by atoms with Crippen LogP contribution in [-0.4, -0.2) is 11.7 Å². The first-order valence-corrected chi connectivity index (χ1v) is 5.24. The molecule has 0 aliphatic heterocycles. The number of rotatable bonds is 2. The van der Waals surface area contributed by atoms with Crippen LogP contribution in [0.25, 0.3) is 0 Å². The lowest BCUT2D eigenvalue weighted by atomic mass is 9.86. The Hall–Kier alpha value is -1.64. The maximum absolute atomic E-state index is 12.1. The van der Waals surface area contributed by atoms with Gasteiger partial charge < -0.3 is 5.32 Å². The molecule has 0 saturated heterocycles. The summed E-state index contributed by atoms with van der Waals surface area (Å²) in [6.07, 6.45) is 0. The number of ketones is 1. The zero-order valence-electron chi connectivity index (χ0n) is 10.1. The van der Waals surface area contributed by atoms with E-state index in [0.29, 0.717) is 11.3 Å². The average Bonchev–Trinajstić information content (AvgIpc) is 2.15.